The molecule has 0 aromatic heterocycles. The molecule has 0 aliphatic heterocycles. The number of esters is 2. The minimum atomic E-state index is -0.436. The van der Waals surface area contributed by atoms with Gasteiger partial charge >= 0.3 is 11.9 Å². The zero-order valence-electron chi connectivity index (χ0n) is 9.91. The van der Waals surface area contributed by atoms with Crippen LogP contribution in [0.4, 0.5) is 0 Å². The van der Waals surface area contributed by atoms with Gasteiger partial charge in [-0.1, -0.05) is 13.8 Å². The number of hydrogen-bond donors (Lipinski definition) is 0. The fraction of sp³-hybridized carbons (Fsp3) is 0.818. The van der Waals surface area contributed by atoms with Gasteiger partial charge in [-0.05, 0) is 20.3 Å². The van der Waals surface area contributed by atoms with Crippen LogP contribution in [0.2, 0.25) is 0 Å². The molecule has 0 radical (unpaired) electrons. The van der Waals surface area contributed by atoms with Crippen molar-refractivity contribution in [1.29, 1.82) is 0 Å². The first-order chi connectivity index (χ1) is 7.08. The first-order valence-corrected chi connectivity index (χ1v) is 5.41. The van der Waals surface area contributed by atoms with Gasteiger partial charge in [-0.25, -0.2) is 0 Å². The average molecular weight is 216 g/mol. The van der Waals surface area contributed by atoms with Gasteiger partial charge in [0.25, 0.3) is 0 Å². The fourth-order valence-corrected chi connectivity index (χ4v) is 1.41. The summed E-state index contributed by atoms with van der Waals surface area (Å²) in [5.41, 5.74) is 0. The Morgan fingerprint density at radius 3 is 1.87 bits per heavy atom. The van der Waals surface area contributed by atoms with Crippen molar-refractivity contribution in [1.82, 2.24) is 0 Å². The maximum Gasteiger partial charge on any atom is 0.309 e. The van der Waals surface area contributed by atoms with Crippen molar-refractivity contribution < 1.29 is 19.1 Å². The van der Waals surface area contributed by atoms with Gasteiger partial charge in [0.2, 0.25) is 0 Å². The van der Waals surface area contributed by atoms with Crippen LogP contribution in [0, 0.1) is 11.8 Å². The smallest absolute Gasteiger partial charge is 0.309 e. The molecule has 0 spiro atoms. The molecule has 2 atom stereocenters. The Morgan fingerprint density at radius 2 is 1.47 bits per heavy atom. The number of carbonyl (C=O) groups excluding carboxylic acids is 2. The Balaban J connectivity index is 4.38. The molecule has 88 valence electrons. The van der Waals surface area contributed by atoms with Crippen molar-refractivity contribution in [3.05, 3.63) is 0 Å². The first kappa shape index (κ1) is 13.9. The lowest BCUT2D eigenvalue weighted by molar-refractivity contribution is -0.159. The quantitative estimate of drug-likeness (QED) is 0.635. The summed E-state index contributed by atoms with van der Waals surface area (Å²) in [6, 6.07) is 0. The molecule has 0 rings (SSSR count). The molecule has 0 N–H and O–H groups in total. The van der Waals surface area contributed by atoms with Crippen LogP contribution in [0.25, 0.3) is 0 Å². The van der Waals surface area contributed by atoms with Gasteiger partial charge in [0, 0.05) is 0 Å². The van der Waals surface area contributed by atoms with Gasteiger partial charge in [-0.3, -0.25) is 9.59 Å². The van der Waals surface area contributed by atoms with Crippen molar-refractivity contribution in [2.45, 2.75) is 34.1 Å². The molecular weight excluding hydrogens is 196 g/mol. The van der Waals surface area contributed by atoms with Crippen molar-refractivity contribution in [3.63, 3.8) is 0 Å². The van der Waals surface area contributed by atoms with Crippen LogP contribution in [-0.4, -0.2) is 25.2 Å². The van der Waals surface area contributed by atoms with Crippen molar-refractivity contribution in [3.8, 4) is 0 Å². The zero-order valence-corrected chi connectivity index (χ0v) is 9.91. The van der Waals surface area contributed by atoms with Gasteiger partial charge in [0.1, 0.15) is 0 Å². The summed E-state index contributed by atoms with van der Waals surface area (Å²) in [5.74, 6) is -1.49. The van der Waals surface area contributed by atoms with E-state index in [4.69, 9.17) is 9.47 Å². The van der Waals surface area contributed by atoms with E-state index in [2.05, 4.69) is 0 Å². The Hall–Kier alpha value is -1.06. The molecule has 0 fully saturated rings. The Labute approximate surface area is 90.9 Å². The predicted molar refractivity (Wildman–Crippen MR) is 56.2 cm³/mol. The van der Waals surface area contributed by atoms with Crippen molar-refractivity contribution >= 4 is 11.9 Å². The van der Waals surface area contributed by atoms with E-state index < -0.39 is 11.8 Å². The summed E-state index contributed by atoms with van der Waals surface area (Å²) in [6.07, 6.45) is 0.582. The maximum atomic E-state index is 11.5. The lowest BCUT2D eigenvalue weighted by atomic mass is 9.92. The van der Waals surface area contributed by atoms with E-state index in [9.17, 15) is 9.59 Å². The number of ether oxygens (including phenoxy) is 2. The molecule has 0 amide bonds. The van der Waals surface area contributed by atoms with Crippen LogP contribution >= 0.6 is 0 Å². The molecule has 0 saturated carbocycles. The predicted octanol–water partition coefficient (Wildman–Crippen LogP) is 1.77. The molecule has 0 aliphatic carbocycles. The number of carbonyl (C=O) groups is 2. The molecular formula is C11H20O4. The standard InChI is InChI=1S/C11H20O4/c1-5-9(11(13)15-7-3)8(4)10(12)14-6-2/h8-9H,5-7H2,1-4H3. The molecule has 0 aliphatic rings. The summed E-state index contributed by atoms with van der Waals surface area (Å²) in [6.45, 7) is 7.73. The van der Waals surface area contributed by atoms with Gasteiger partial charge in [0.15, 0.2) is 0 Å². The monoisotopic (exact) mass is 216 g/mol. The van der Waals surface area contributed by atoms with E-state index in [0.717, 1.165) is 0 Å². The second kappa shape index (κ2) is 7.26. The average Bonchev–Trinajstić information content (AvgIpc) is 2.19. The van der Waals surface area contributed by atoms with E-state index in [1.54, 1.807) is 20.8 Å². The van der Waals surface area contributed by atoms with Crippen LogP contribution in [0.5, 0.6) is 0 Å². The Kier molecular flexibility index (Phi) is 6.75. The third-order valence-electron chi connectivity index (χ3n) is 2.29. The molecule has 0 heterocycles. The molecule has 0 saturated heterocycles. The van der Waals surface area contributed by atoms with E-state index in [1.165, 1.54) is 0 Å². The third-order valence-corrected chi connectivity index (χ3v) is 2.29. The normalized spacial score (nSPS) is 14.1. The van der Waals surface area contributed by atoms with E-state index in [0.29, 0.717) is 19.6 Å². The van der Waals surface area contributed by atoms with Crippen molar-refractivity contribution in [2.75, 3.05) is 13.2 Å². The van der Waals surface area contributed by atoms with E-state index in [-0.39, 0.29) is 11.9 Å². The second-order valence-electron chi connectivity index (χ2n) is 3.31. The van der Waals surface area contributed by atoms with Crippen LogP contribution in [0.1, 0.15) is 34.1 Å². The summed E-state index contributed by atoms with van der Waals surface area (Å²) >= 11 is 0. The topological polar surface area (TPSA) is 52.6 Å². The van der Waals surface area contributed by atoms with Crippen LogP contribution in [-0.2, 0) is 19.1 Å². The third kappa shape index (κ3) is 4.32. The minimum Gasteiger partial charge on any atom is -0.466 e. The molecule has 2 unspecified atom stereocenters. The summed E-state index contributed by atoms with van der Waals surface area (Å²) in [7, 11) is 0. The van der Waals surface area contributed by atoms with E-state index >= 15 is 0 Å². The lowest BCUT2D eigenvalue weighted by Crippen LogP contribution is -2.30. The van der Waals surface area contributed by atoms with Gasteiger partial charge in [0.05, 0.1) is 25.0 Å². The fourth-order valence-electron chi connectivity index (χ4n) is 1.41. The molecule has 0 bridgehead atoms. The highest BCUT2D eigenvalue weighted by Gasteiger charge is 2.30. The molecule has 0 aromatic carbocycles. The molecule has 0 aromatic rings. The first-order valence-electron chi connectivity index (χ1n) is 5.41. The van der Waals surface area contributed by atoms with Crippen LogP contribution in [0.3, 0.4) is 0 Å². The highest BCUT2D eigenvalue weighted by molar-refractivity contribution is 5.81. The van der Waals surface area contributed by atoms with Gasteiger partial charge < -0.3 is 9.47 Å². The van der Waals surface area contributed by atoms with Gasteiger partial charge in [-0.2, -0.15) is 0 Å². The van der Waals surface area contributed by atoms with E-state index in [1.807, 2.05) is 6.92 Å². The van der Waals surface area contributed by atoms with Crippen LogP contribution < -0.4 is 0 Å². The van der Waals surface area contributed by atoms with Gasteiger partial charge in [-0.15, -0.1) is 0 Å². The molecule has 4 nitrogen and oxygen atoms in total. The van der Waals surface area contributed by atoms with Crippen molar-refractivity contribution in [2.24, 2.45) is 11.8 Å². The summed E-state index contributed by atoms with van der Waals surface area (Å²) in [4.78, 5) is 22.9. The number of rotatable bonds is 6. The largest absolute Gasteiger partial charge is 0.466 e. The lowest BCUT2D eigenvalue weighted by Gasteiger charge is -2.19. The minimum absolute atomic E-state index is 0.319. The second-order valence-corrected chi connectivity index (χ2v) is 3.31. The maximum absolute atomic E-state index is 11.5. The highest BCUT2D eigenvalue weighted by Crippen LogP contribution is 2.18. The number of hydrogen-bond acceptors (Lipinski definition) is 4. The highest BCUT2D eigenvalue weighted by atomic mass is 16.5. The SMILES string of the molecule is CCOC(=O)C(C)C(CC)C(=O)OCC. The molecule has 15 heavy (non-hydrogen) atoms. The molecule has 4 heteroatoms. The summed E-state index contributed by atoms with van der Waals surface area (Å²) in [5, 5.41) is 0. The van der Waals surface area contributed by atoms with Crippen LogP contribution in [0.15, 0.2) is 0 Å². The summed E-state index contributed by atoms with van der Waals surface area (Å²) < 4.78 is 9.77. The Bertz CT molecular complexity index is 213. The Morgan fingerprint density at radius 1 is 1.00 bits per heavy atom. The zero-order chi connectivity index (χ0) is 11.8.